The minimum absolute atomic E-state index is 0.167. The molecule has 2 aromatic heterocycles. The molecule has 3 heterocycles. The molecule has 3 aromatic rings. The Labute approximate surface area is 187 Å². The summed E-state index contributed by atoms with van der Waals surface area (Å²) in [5, 5.41) is 2.81. The van der Waals surface area contributed by atoms with E-state index in [9.17, 15) is 9.18 Å². The Balaban J connectivity index is 1.42. The van der Waals surface area contributed by atoms with Gasteiger partial charge in [-0.1, -0.05) is 6.07 Å². The van der Waals surface area contributed by atoms with Crippen molar-refractivity contribution in [3.05, 3.63) is 82.9 Å². The number of piperidine rings is 1. The number of pyridine rings is 1. The molecule has 32 heavy (non-hydrogen) atoms. The van der Waals surface area contributed by atoms with Gasteiger partial charge in [0.15, 0.2) is 0 Å². The fourth-order valence-electron chi connectivity index (χ4n) is 4.26. The molecule has 0 bridgehead atoms. The lowest BCUT2D eigenvalue weighted by Gasteiger charge is -2.32. The smallest absolute Gasteiger partial charge is 0.228 e. The topological polar surface area (TPSA) is 71.0 Å². The van der Waals surface area contributed by atoms with Crippen LogP contribution in [0.1, 0.15) is 47.1 Å². The van der Waals surface area contributed by atoms with Gasteiger partial charge in [-0.05, 0) is 69.1 Å². The van der Waals surface area contributed by atoms with E-state index in [0.29, 0.717) is 5.69 Å². The zero-order valence-electron chi connectivity index (χ0n) is 18.5. The Morgan fingerprint density at radius 3 is 2.59 bits per heavy atom. The van der Waals surface area contributed by atoms with Gasteiger partial charge in [-0.2, -0.15) is 0 Å². The third kappa shape index (κ3) is 5.53. The zero-order valence-corrected chi connectivity index (χ0v) is 18.5. The Kier molecular flexibility index (Phi) is 6.85. The molecular weight excluding hydrogens is 405 g/mol. The first-order chi connectivity index (χ1) is 15.5. The van der Waals surface area contributed by atoms with Crippen LogP contribution in [-0.2, 0) is 17.8 Å². The molecule has 1 N–H and O–H groups in total. The predicted octanol–water partition coefficient (Wildman–Crippen LogP) is 4.19. The molecule has 7 heteroatoms. The number of likely N-dealkylation sites (tertiary alicyclic amines) is 1. The molecule has 1 aliphatic heterocycles. The van der Waals surface area contributed by atoms with E-state index < -0.39 is 0 Å². The van der Waals surface area contributed by atoms with E-state index in [2.05, 4.69) is 21.3 Å². The average molecular weight is 434 g/mol. The van der Waals surface area contributed by atoms with Crippen LogP contribution >= 0.6 is 0 Å². The first kappa shape index (κ1) is 22.0. The number of rotatable bonds is 6. The standard InChI is InChI=1S/C25H28FN5O/c1-17-23(13-24(32)30-22-9-7-21(26)8-10-22)18(2)29-25(28-17)20-6-4-12-31(16-20)15-19-5-3-11-27-14-19/h3,5,7-11,14,20H,4,6,12-13,15-16H2,1-2H3,(H,30,32)/t20-/m0/s1. The second kappa shape index (κ2) is 9.96. The van der Waals surface area contributed by atoms with E-state index in [1.807, 2.05) is 26.1 Å². The van der Waals surface area contributed by atoms with Gasteiger partial charge in [0.05, 0.1) is 6.42 Å². The molecule has 0 saturated carbocycles. The second-order valence-electron chi connectivity index (χ2n) is 8.40. The molecule has 1 aliphatic rings. The van der Waals surface area contributed by atoms with Gasteiger partial charge in [-0.25, -0.2) is 14.4 Å². The number of nitrogens with one attached hydrogen (secondary N) is 1. The monoisotopic (exact) mass is 433 g/mol. The van der Waals surface area contributed by atoms with Crippen LogP contribution in [0.15, 0.2) is 48.8 Å². The lowest BCUT2D eigenvalue weighted by Crippen LogP contribution is -2.34. The van der Waals surface area contributed by atoms with Crippen molar-refractivity contribution in [3.8, 4) is 0 Å². The van der Waals surface area contributed by atoms with Crippen LogP contribution in [0.4, 0.5) is 10.1 Å². The highest BCUT2D eigenvalue weighted by atomic mass is 19.1. The summed E-state index contributed by atoms with van der Waals surface area (Å²) in [6.07, 6.45) is 6.07. The fraction of sp³-hybridized carbons (Fsp3) is 0.360. The van der Waals surface area contributed by atoms with Crippen molar-refractivity contribution in [3.63, 3.8) is 0 Å². The number of hydrogen-bond donors (Lipinski definition) is 1. The van der Waals surface area contributed by atoms with Crippen LogP contribution in [0.5, 0.6) is 0 Å². The van der Waals surface area contributed by atoms with Crippen molar-refractivity contribution in [2.75, 3.05) is 18.4 Å². The van der Waals surface area contributed by atoms with Crippen molar-refractivity contribution in [1.82, 2.24) is 19.9 Å². The van der Waals surface area contributed by atoms with E-state index in [4.69, 9.17) is 9.97 Å². The van der Waals surface area contributed by atoms with Crippen LogP contribution in [0.2, 0.25) is 0 Å². The summed E-state index contributed by atoms with van der Waals surface area (Å²) in [6, 6.07) is 9.82. The first-order valence-corrected chi connectivity index (χ1v) is 11.0. The number of anilines is 1. The molecular formula is C25H28FN5O. The van der Waals surface area contributed by atoms with Crippen molar-refractivity contribution < 1.29 is 9.18 Å². The molecule has 6 nitrogen and oxygen atoms in total. The summed E-state index contributed by atoms with van der Waals surface area (Å²) < 4.78 is 13.1. The van der Waals surface area contributed by atoms with Crippen LogP contribution in [0.25, 0.3) is 0 Å². The maximum Gasteiger partial charge on any atom is 0.228 e. The van der Waals surface area contributed by atoms with Gasteiger partial charge in [0.2, 0.25) is 5.91 Å². The van der Waals surface area contributed by atoms with Gasteiger partial charge in [-0.3, -0.25) is 14.7 Å². The highest BCUT2D eigenvalue weighted by Gasteiger charge is 2.25. The summed E-state index contributed by atoms with van der Waals surface area (Å²) in [6.45, 7) is 6.73. The minimum atomic E-state index is -0.333. The SMILES string of the molecule is Cc1nc([C@H]2CCCN(Cc3cccnc3)C2)nc(C)c1CC(=O)Nc1ccc(F)cc1. The molecule has 1 aromatic carbocycles. The molecule has 1 fully saturated rings. The van der Waals surface area contributed by atoms with Crippen molar-refractivity contribution in [1.29, 1.82) is 0 Å². The molecule has 0 radical (unpaired) electrons. The summed E-state index contributed by atoms with van der Waals surface area (Å²) in [7, 11) is 0. The number of amides is 1. The van der Waals surface area contributed by atoms with Crippen LogP contribution in [-0.4, -0.2) is 38.8 Å². The Morgan fingerprint density at radius 2 is 1.91 bits per heavy atom. The maximum atomic E-state index is 13.1. The summed E-state index contributed by atoms with van der Waals surface area (Å²) in [5.41, 5.74) is 4.30. The first-order valence-electron chi connectivity index (χ1n) is 11.0. The molecule has 0 unspecified atom stereocenters. The Hall–Kier alpha value is -3.19. The van der Waals surface area contributed by atoms with Crippen LogP contribution in [0, 0.1) is 19.7 Å². The normalized spacial score (nSPS) is 16.7. The predicted molar refractivity (Wildman–Crippen MR) is 122 cm³/mol. The number of hydrogen-bond acceptors (Lipinski definition) is 5. The molecule has 166 valence electrons. The van der Waals surface area contributed by atoms with Crippen LogP contribution in [0.3, 0.4) is 0 Å². The number of carbonyl (C=O) groups is 1. The Bertz CT molecular complexity index is 1050. The third-order valence-electron chi connectivity index (χ3n) is 5.90. The summed E-state index contributed by atoms with van der Waals surface area (Å²) in [4.78, 5) is 28.7. The number of nitrogens with zero attached hydrogens (tertiary/aromatic N) is 4. The lowest BCUT2D eigenvalue weighted by atomic mass is 9.96. The molecule has 0 spiro atoms. The molecule has 1 amide bonds. The van der Waals surface area contributed by atoms with E-state index >= 15 is 0 Å². The van der Waals surface area contributed by atoms with Gasteiger partial charge in [0, 0.05) is 54.0 Å². The number of benzene rings is 1. The molecule has 4 rings (SSSR count). The number of halogens is 1. The largest absolute Gasteiger partial charge is 0.326 e. The molecule has 1 saturated heterocycles. The number of aromatic nitrogens is 3. The van der Waals surface area contributed by atoms with Gasteiger partial charge in [0.1, 0.15) is 11.6 Å². The second-order valence-corrected chi connectivity index (χ2v) is 8.40. The van der Waals surface area contributed by atoms with E-state index in [1.165, 1.54) is 17.7 Å². The van der Waals surface area contributed by atoms with Crippen LogP contribution < -0.4 is 5.32 Å². The summed E-state index contributed by atoms with van der Waals surface area (Å²) in [5.74, 6) is 0.637. The van der Waals surface area contributed by atoms with Gasteiger partial charge >= 0.3 is 0 Å². The van der Waals surface area contributed by atoms with Gasteiger partial charge in [-0.15, -0.1) is 0 Å². The van der Waals surface area contributed by atoms with Crippen molar-refractivity contribution >= 4 is 11.6 Å². The lowest BCUT2D eigenvalue weighted by molar-refractivity contribution is -0.115. The van der Waals surface area contributed by atoms with Gasteiger partial charge in [0.25, 0.3) is 0 Å². The highest BCUT2D eigenvalue weighted by molar-refractivity contribution is 5.92. The van der Waals surface area contributed by atoms with Gasteiger partial charge < -0.3 is 5.32 Å². The van der Waals surface area contributed by atoms with E-state index in [1.54, 1.807) is 18.3 Å². The molecule has 0 aliphatic carbocycles. The zero-order chi connectivity index (χ0) is 22.5. The number of aryl methyl sites for hydroxylation is 2. The van der Waals surface area contributed by atoms with Crippen molar-refractivity contribution in [2.45, 2.75) is 45.6 Å². The third-order valence-corrected chi connectivity index (χ3v) is 5.90. The van der Waals surface area contributed by atoms with Crippen molar-refractivity contribution in [2.24, 2.45) is 0 Å². The highest BCUT2D eigenvalue weighted by Crippen LogP contribution is 2.27. The average Bonchev–Trinajstić information content (AvgIpc) is 2.78. The fourth-order valence-corrected chi connectivity index (χ4v) is 4.26. The maximum absolute atomic E-state index is 13.1. The number of carbonyl (C=O) groups excluding carboxylic acids is 1. The van der Waals surface area contributed by atoms with E-state index in [0.717, 1.165) is 55.3 Å². The summed E-state index contributed by atoms with van der Waals surface area (Å²) >= 11 is 0. The molecule has 1 atom stereocenters. The minimum Gasteiger partial charge on any atom is -0.326 e. The van der Waals surface area contributed by atoms with E-state index in [-0.39, 0.29) is 24.1 Å². The Morgan fingerprint density at radius 1 is 1.16 bits per heavy atom. The quantitative estimate of drug-likeness (QED) is 0.631.